The first kappa shape index (κ1) is 12.7. The van der Waals surface area contributed by atoms with Gasteiger partial charge in [0.05, 0.1) is 0 Å². The fraction of sp³-hybridized carbons (Fsp3) is 1.00. The number of hydrogen-bond donors (Lipinski definition) is 1. The van der Waals surface area contributed by atoms with Gasteiger partial charge < -0.3 is 0 Å². The SMILES string of the molecule is COO[P+](=O)CC(O)CCO[Te]. The van der Waals surface area contributed by atoms with Crippen LogP contribution in [0.15, 0.2) is 0 Å². The molecule has 5 nitrogen and oxygen atoms in total. The molecule has 0 bridgehead atoms. The molecule has 0 aromatic rings. The van der Waals surface area contributed by atoms with E-state index in [9.17, 15) is 9.67 Å². The van der Waals surface area contributed by atoms with Crippen LogP contribution in [0.1, 0.15) is 6.42 Å². The van der Waals surface area contributed by atoms with Gasteiger partial charge in [-0.05, 0) is 0 Å². The van der Waals surface area contributed by atoms with Gasteiger partial charge in [-0.25, -0.2) is 0 Å². The first-order chi connectivity index (χ1) is 5.70. The minimum atomic E-state index is -1.91. The Kier molecular flexibility index (Phi) is 8.84. The normalized spacial score (nSPS) is 14.4. The van der Waals surface area contributed by atoms with Gasteiger partial charge >= 0.3 is 85.5 Å². The van der Waals surface area contributed by atoms with Crippen LogP contribution in [0.3, 0.4) is 0 Å². The second-order valence-electron chi connectivity index (χ2n) is 2.02. The average Bonchev–Trinajstić information content (AvgIpc) is 2.01. The van der Waals surface area contributed by atoms with Crippen LogP contribution in [0.2, 0.25) is 0 Å². The molecule has 0 aromatic heterocycles. The average molecular weight is 310 g/mol. The Bertz CT molecular complexity index is 133. The van der Waals surface area contributed by atoms with E-state index in [4.69, 9.17) is 3.10 Å². The van der Waals surface area contributed by atoms with Crippen molar-refractivity contribution in [2.24, 2.45) is 0 Å². The van der Waals surface area contributed by atoms with E-state index in [1.807, 2.05) is 0 Å². The van der Waals surface area contributed by atoms with Crippen LogP contribution in [0, 0.1) is 0 Å². The van der Waals surface area contributed by atoms with E-state index < -0.39 is 14.1 Å². The van der Waals surface area contributed by atoms with Gasteiger partial charge in [0.2, 0.25) is 0 Å². The Morgan fingerprint density at radius 3 is 2.83 bits per heavy atom. The standard InChI is InChI=1S/C5H11O5PTe/c1-8-10-11(7)4-5(6)2-3-9-12/h5-6H,2-4H2,1H3/q+1. The van der Waals surface area contributed by atoms with Crippen LogP contribution in [0.5, 0.6) is 0 Å². The Balaban J connectivity index is 3.40. The van der Waals surface area contributed by atoms with Crippen LogP contribution in [0.25, 0.3) is 0 Å². The molecule has 0 spiro atoms. The zero-order chi connectivity index (χ0) is 9.40. The van der Waals surface area contributed by atoms with Crippen LogP contribution in [0.4, 0.5) is 0 Å². The van der Waals surface area contributed by atoms with E-state index in [0.717, 1.165) is 0 Å². The number of aliphatic hydroxyl groups excluding tert-OH is 1. The predicted octanol–water partition coefficient (Wildman–Crippen LogP) is 0.158. The zero-order valence-corrected chi connectivity index (χ0v) is 9.86. The molecule has 0 amide bonds. The molecule has 1 radical (unpaired) electrons. The van der Waals surface area contributed by atoms with Gasteiger partial charge in [-0.2, -0.15) is 0 Å². The van der Waals surface area contributed by atoms with Crippen molar-refractivity contribution in [2.45, 2.75) is 12.5 Å². The summed E-state index contributed by atoms with van der Waals surface area (Å²) in [5.74, 6) is 0. The van der Waals surface area contributed by atoms with E-state index in [1.54, 1.807) is 0 Å². The molecule has 0 aliphatic rings. The molecule has 2 atom stereocenters. The third-order valence-corrected chi connectivity index (χ3v) is 2.56. The Morgan fingerprint density at radius 2 is 2.33 bits per heavy atom. The van der Waals surface area contributed by atoms with Crippen molar-refractivity contribution in [3.8, 4) is 0 Å². The molecule has 0 saturated carbocycles. The molecule has 0 aliphatic carbocycles. The summed E-state index contributed by atoms with van der Waals surface area (Å²) in [7, 11) is -0.641. The van der Waals surface area contributed by atoms with Crippen LogP contribution >= 0.6 is 8.03 Å². The summed E-state index contributed by atoms with van der Waals surface area (Å²) in [6, 6.07) is 0. The van der Waals surface area contributed by atoms with Crippen molar-refractivity contribution in [3.63, 3.8) is 0 Å². The molecule has 0 saturated heterocycles. The van der Waals surface area contributed by atoms with Crippen LogP contribution < -0.4 is 0 Å². The maximum atomic E-state index is 10.8. The number of hydrogen-bond acceptors (Lipinski definition) is 5. The molecule has 0 fully saturated rings. The summed E-state index contributed by atoms with van der Waals surface area (Å²) in [5, 5.41) is 9.18. The molecular weight excluding hydrogens is 299 g/mol. The third-order valence-electron chi connectivity index (χ3n) is 1.05. The van der Waals surface area contributed by atoms with E-state index in [1.165, 1.54) is 29.8 Å². The first-order valence-corrected chi connectivity index (χ1v) is 5.60. The topological polar surface area (TPSA) is 65.0 Å². The summed E-state index contributed by atoms with van der Waals surface area (Å²) in [6.45, 7) is 0.446. The molecule has 2 unspecified atom stereocenters. The predicted molar refractivity (Wildman–Crippen MR) is 42.9 cm³/mol. The van der Waals surface area contributed by atoms with E-state index in [2.05, 4.69) is 9.56 Å². The van der Waals surface area contributed by atoms with Crippen molar-refractivity contribution in [3.05, 3.63) is 0 Å². The quantitative estimate of drug-likeness (QED) is 0.314. The van der Waals surface area contributed by atoms with Crippen molar-refractivity contribution >= 4 is 30.7 Å². The monoisotopic (exact) mass is 312 g/mol. The summed E-state index contributed by atoms with van der Waals surface area (Å²) in [5.41, 5.74) is 0. The third kappa shape index (κ3) is 7.38. The summed E-state index contributed by atoms with van der Waals surface area (Å²) in [4.78, 5) is 4.18. The molecule has 71 valence electrons. The van der Waals surface area contributed by atoms with Crippen LogP contribution in [-0.4, -0.2) is 53.8 Å². The van der Waals surface area contributed by atoms with Gasteiger partial charge in [0.1, 0.15) is 0 Å². The number of rotatable bonds is 7. The second-order valence-corrected chi connectivity index (χ2v) is 3.87. The van der Waals surface area contributed by atoms with E-state index in [-0.39, 0.29) is 6.16 Å². The van der Waals surface area contributed by atoms with Gasteiger partial charge in [-0.1, -0.05) is 0 Å². The molecule has 1 N–H and O–H groups in total. The summed E-state index contributed by atoms with van der Waals surface area (Å²) in [6.07, 6.45) is -0.133. The summed E-state index contributed by atoms with van der Waals surface area (Å²) >= 11 is 1.48. The summed E-state index contributed by atoms with van der Waals surface area (Å²) < 4.78 is 19.9. The second kappa shape index (κ2) is 8.33. The maximum absolute atomic E-state index is 10.8. The zero-order valence-electron chi connectivity index (χ0n) is 6.63. The van der Waals surface area contributed by atoms with Gasteiger partial charge in [-0.15, -0.1) is 0 Å². The van der Waals surface area contributed by atoms with E-state index in [0.29, 0.717) is 13.0 Å². The molecule has 12 heavy (non-hydrogen) atoms. The van der Waals surface area contributed by atoms with Crippen molar-refractivity contribution in [1.29, 1.82) is 0 Å². The molecule has 7 heteroatoms. The molecule has 0 heterocycles. The first-order valence-electron chi connectivity index (χ1n) is 3.29. The van der Waals surface area contributed by atoms with Gasteiger partial charge in [-0.3, -0.25) is 0 Å². The molecule has 0 aromatic carbocycles. The van der Waals surface area contributed by atoms with Gasteiger partial charge in [0, 0.05) is 0 Å². The van der Waals surface area contributed by atoms with Crippen molar-refractivity contribution in [1.82, 2.24) is 0 Å². The van der Waals surface area contributed by atoms with Crippen LogP contribution in [-0.2, 0) is 17.2 Å². The van der Waals surface area contributed by atoms with Crippen molar-refractivity contribution < 1.29 is 22.3 Å². The number of aliphatic hydroxyl groups is 1. The minimum absolute atomic E-state index is 0.0770. The van der Waals surface area contributed by atoms with E-state index >= 15 is 0 Å². The Morgan fingerprint density at radius 1 is 1.67 bits per heavy atom. The van der Waals surface area contributed by atoms with Crippen molar-refractivity contribution in [2.75, 3.05) is 19.9 Å². The Hall–Kier alpha value is 0.730. The fourth-order valence-corrected chi connectivity index (χ4v) is 1.59. The Labute approximate surface area is 85.6 Å². The van der Waals surface area contributed by atoms with Gasteiger partial charge in [0.25, 0.3) is 0 Å². The fourth-order valence-electron chi connectivity index (χ4n) is 0.561. The molecule has 0 aliphatic heterocycles. The molecule has 0 rings (SSSR count). The molecular formula is C5H11O5PTe+. The van der Waals surface area contributed by atoms with Gasteiger partial charge in [0.15, 0.2) is 0 Å².